The van der Waals surface area contributed by atoms with E-state index in [4.69, 9.17) is 23.2 Å². The van der Waals surface area contributed by atoms with Gasteiger partial charge in [0, 0.05) is 22.7 Å². The fourth-order valence-electron chi connectivity index (χ4n) is 1.44. The summed E-state index contributed by atoms with van der Waals surface area (Å²) in [7, 11) is 0. The van der Waals surface area contributed by atoms with Crippen LogP contribution >= 0.6 is 23.2 Å². The second-order valence-corrected chi connectivity index (χ2v) is 3.85. The predicted octanol–water partition coefficient (Wildman–Crippen LogP) is 4.14. The molecule has 1 aromatic carbocycles. The van der Waals surface area contributed by atoms with Crippen LogP contribution in [0.15, 0.2) is 42.6 Å². The minimum Gasteiger partial charge on any atom is -0.256 e. The topological polar surface area (TPSA) is 12.9 Å². The Morgan fingerprint density at radius 3 is 2.67 bits per heavy atom. The van der Waals surface area contributed by atoms with Gasteiger partial charge in [-0.1, -0.05) is 35.9 Å². The third kappa shape index (κ3) is 2.31. The number of halogens is 2. The molecule has 0 aliphatic rings. The molecular formula is C12H9Cl2N. The Balaban J connectivity index is 2.53. The molecule has 0 aliphatic heterocycles. The van der Waals surface area contributed by atoms with E-state index in [9.17, 15) is 0 Å². The molecule has 0 atom stereocenters. The molecule has 0 N–H and O–H groups in total. The highest BCUT2D eigenvalue weighted by Crippen LogP contribution is 2.24. The number of nitrogens with zero attached hydrogens (tertiary/aromatic N) is 1. The van der Waals surface area contributed by atoms with Crippen LogP contribution in [0.5, 0.6) is 0 Å². The number of aromatic nitrogens is 1. The molecule has 0 bridgehead atoms. The first-order valence-electron chi connectivity index (χ1n) is 4.57. The van der Waals surface area contributed by atoms with Crippen LogP contribution in [0.2, 0.25) is 5.02 Å². The average Bonchev–Trinajstić information content (AvgIpc) is 2.29. The van der Waals surface area contributed by atoms with E-state index >= 15 is 0 Å². The van der Waals surface area contributed by atoms with Gasteiger partial charge in [-0.15, -0.1) is 11.6 Å². The fourth-order valence-corrected chi connectivity index (χ4v) is 1.83. The van der Waals surface area contributed by atoms with Crippen molar-refractivity contribution in [3.63, 3.8) is 0 Å². The largest absolute Gasteiger partial charge is 0.256 e. The number of alkyl halides is 1. The summed E-state index contributed by atoms with van der Waals surface area (Å²) in [6.45, 7) is 0. The highest BCUT2D eigenvalue weighted by Gasteiger charge is 2.04. The first-order chi connectivity index (χ1) is 7.31. The molecule has 0 amide bonds. The number of benzene rings is 1. The zero-order valence-corrected chi connectivity index (χ0v) is 9.46. The third-order valence-corrected chi connectivity index (χ3v) is 2.68. The number of pyridine rings is 1. The Kier molecular flexibility index (Phi) is 3.24. The minimum absolute atomic E-state index is 0.477. The predicted molar refractivity (Wildman–Crippen MR) is 64.2 cm³/mol. The zero-order valence-electron chi connectivity index (χ0n) is 7.95. The van der Waals surface area contributed by atoms with Crippen LogP contribution < -0.4 is 0 Å². The molecule has 2 rings (SSSR count). The monoisotopic (exact) mass is 237 g/mol. The summed E-state index contributed by atoms with van der Waals surface area (Å²) >= 11 is 11.8. The smallest absolute Gasteiger partial charge is 0.0719 e. The Morgan fingerprint density at radius 1 is 1.13 bits per heavy atom. The van der Waals surface area contributed by atoms with Gasteiger partial charge in [-0.3, -0.25) is 4.98 Å². The summed E-state index contributed by atoms with van der Waals surface area (Å²) in [5.41, 5.74) is 2.96. The summed E-state index contributed by atoms with van der Waals surface area (Å²) in [6, 6.07) is 11.5. The molecule has 76 valence electrons. The standard InChI is InChI=1S/C12H9Cl2N/c13-8-9-3-1-2-4-11(9)12-7-10(14)5-6-15-12/h1-7H,8H2. The molecule has 3 heteroatoms. The van der Waals surface area contributed by atoms with E-state index in [0.29, 0.717) is 10.9 Å². The quantitative estimate of drug-likeness (QED) is 0.716. The molecule has 0 saturated heterocycles. The van der Waals surface area contributed by atoms with E-state index in [1.165, 1.54) is 0 Å². The van der Waals surface area contributed by atoms with E-state index in [-0.39, 0.29) is 0 Å². The van der Waals surface area contributed by atoms with Gasteiger partial charge in [0.25, 0.3) is 0 Å². The van der Waals surface area contributed by atoms with E-state index in [0.717, 1.165) is 16.8 Å². The first kappa shape index (κ1) is 10.5. The maximum atomic E-state index is 5.92. The van der Waals surface area contributed by atoms with Crippen molar-refractivity contribution in [1.82, 2.24) is 4.98 Å². The van der Waals surface area contributed by atoms with Crippen molar-refractivity contribution in [3.8, 4) is 11.3 Å². The van der Waals surface area contributed by atoms with Crippen molar-refractivity contribution in [1.29, 1.82) is 0 Å². The normalized spacial score (nSPS) is 10.3. The van der Waals surface area contributed by atoms with Crippen molar-refractivity contribution in [2.24, 2.45) is 0 Å². The van der Waals surface area contributed by atoms with E-state index in [1.54, 1.807) is 12.3 Å². The van der Waals surface area contributed by atoms with Crippen LogP contribution in [-0.2, 0) is 5.88 Å². The highest BCUT2D eigenvalue weighted by atomic mass is 35.5. The number of hydrogen-bond acceptors (Lipinski definition) is 1. The van der Waals surface area contributed by atoms with Gasteiger partial charge in [0.15, 0.2) is 0 Å². The highest BCUT2D eigenvalue weighted by molar-refractivity contribution is 6.30. The fraction of sp³-hybridized carbons (Fsp3) is 0.0833. The van der Waals surface area contributed by atoms with Crippen molar-refractivity contribution in [3.05, 3.63) is 53.2 Å². The maximum absolute atomic E-state index is 5.92. The SMILES string of the molecule is ClCc1ccccc1-c1cc(Cl)ccn1. The van der Waals surface area contributed by atoms with Crippen molar-refractivity contribution < 1.29 is 0 Å². The van der Waals surface area contributed by atoms with Crippen LogP contribution in [0, 0.1) is 0 Å². The van der Waals surface area contributed by atoms with Gasteiger partial charge < -0.3 is 0 Å². The van der Waals surface area contributed by atoms with Crippen molar-refractivity contribution >= 4 is 23.2 Å². The van der Waals surface area contributed by atoms with Gasteiger partial charge in [0.1, 0.15) is 0 Å². The van der Waals surface area contributed by atoms with Gasteiger partial charge in [0.05, 0.1) is 5.69 Å². The lowest BCUT2D eigenvalue weighted by atomic mass is 10.1. The average molecular weight is 238 g/mol. The summed E-state index contributed by atoms with van der Waals surface area (Å²) in [5, 5.41) is 0.685. The van der Waals surface area contributed by atoms with Crippen LogP contribution in [0.3, 0.4) is 0 Å². The van der Waals surface area contributed by atoms with Crippen LogP contribution in [0.25, 0.3) is 11.3 Å². The lowest BCUT2D eigenvalue weighted by Crippen LogP contribution is -1.88. The van der Waals surface area contributed by atoms with Gasteiger partial charge in [-0.2, -0.15) is 0 Å². The maximum Gasteiger partial charge on any atom is 0.0719 e. The van der Waals surface area contributed by atoms with Gasteiger partial charge >= 0.3 is 0 Å². The second-order valence-electron chi connectivity index (χ2n) is 3.15. The van der Waals surface area contributed by atoms with Crippen LogP contribution in [0.4, 0.5) is 0 Å². The van der Waals surface area contributed by atoms with Gasteiger partial charge in [0.2, 0.25) is 0 Å². The van der Waals surface area contributed by atoms with Gasteiger partial charge in [-0.25, -0.2) is 0 Å². The molecule has 0 saturated carbocycles. The van der Waals surface area contributed by atoms with E-state index in [1.807, 2.05) is 30.3 Å². The molecular weight excluding hydrogens is 229 g/mol. The van der Waals surface area contributed by atoms with E-state index < -0.39 is 0 Å². The second kappa shape index (κ2) is 4.65. The summed E-state index contributed by atoms with van der Waals surface area (Å²) in [5.74, 6) is 0.477. The molecule has 0 spiro atoms. The van der Waals surface area contributed by atoms with Crippen LogP contribution in [-0.4, -0.2) is 4.98 Å². The Labute approximate surface area is 98.7 Å². The number of rotatable bonds is 2. The minimum atomic E-state index is 0.477. The molecule has 0 aliphatic carbocycles. The Hall–Kier alpha value is -1.05. The summed E-state index contributed by atoms with van der Waals surface area (Å²) < 4.78 is 0. The molecule has 0 unspecified atom stereocenters. The Bertz CT molecular complexity index is 469. The molecule has 0 radical (unpaired) electrons. The molecule has 1 heterocycles. The van der Waals surface area contributed by atoms with Crippen molar-refractivity contribution in [2.45, 2.75) is 5.88 Å². The lowest BCUT2D eigenvalue weighted by molar-refractivity contribution is 1.29. The zero-order chi connectivity index (χ0) is 10.7. The molecule has 2 aromatic rings. The van der Waals surface area contributed by atoms with E-state index in [2.05, 4.69) is 4.98 Å². The summed E-state index contributed by atoms with van der Waals surface area (Å²) in [6.07, 6.45) is 1.70. The van der Waals surface area contributed by atoms with Gasteiger partial charge in [-0.05, 0) is 17.7 Å². The molecule has 1 aromatic heterocycles. The molecule has 15 heavy (non-hydrogen) atoms. The molecule has 0 fully saturated rings. The Morgan fingerprint density at radius 2 is 1.93 bits per heavy atom. The first-order valence-corrected chi connectivity index (χ1v) is 5.48. The third-order valence-electron chi connectivity index (χ3n) is 2.16. The summed E-state index contributed by atoms with van der Waals surface area (Å²) in [4.78, 5) is 4.28. The van der Waals surface area contributed by atoms with Crippen LogP contribution in [0.1, 0.15) is 5.56 Å². The lowest BCUT2D eigenvalue weighted by Gasteiger charge is -2.05. The molecule has 1 nitrogen and oxygen atoms in total. The van der Waals surface area contributed by atoms with Crippen molar-refractivity contribution in [2.75, 3.05) is 0 Å². The number of hydrogen-bond donors (Lipinski definition) is 0.